The molecular weight excluding hydrogens is 362 g/mol. The highest BCUT2D eigenvalue weighted by molar-refractivity contribution is 7.16. The first-order chi connectivity index (χ1) is 13.2. The van der Waals surface area contributed by atoms with Gasteiger partial charge in [-0.25, -0.2) is 4.98 Å². The van der Waals surface area contributed by atoms with E-state index in [4.69, 9.17) is 4.74 Å². The lowest BCUT2D eigenvalue weighted by Gasteiger charge is -2.10. The highest BCUT2D eigenvalue weighted by atomic mass is 32.1. The molecule has 0 spiro atoms. The average molecular weight is 377 g/mol. The Hall–Kier alpha value is -3.45. The second-order valence-electron chi connectivity index (χ2n) is 5.81. The molecule has 0 saturated carbocycles. The number of fused-ring (bicyclic) bond motifs is 1. The van der Waals surface area contributed by atoms with Crippen LogP contribution in [-0.2, 0) is 11.3 Å². The number of amides is 1. The monoisotopic (exact) mass is 377 g/mol. The summed E-state index contributed by atoms with van der Waals surface area (Å²) in [4.78, 5) is 29.6. The summed E-state index contributed by atoms with van der Waals surface area (Å²) in [6.45, 7) is -0.110. The Morgan fingerprint density at radius 3 is 2.74 bits per heavy atom. The van der Waals surface area contributed by atoms with E-state index in [1.165, 1.54) is 22.2 Å². The number of rotatable bonds is 5. The van der Waals surface area contributed by atoms with Gasteiger partial charge >= 0.3 is 0 Å². The van der Waals surface area contributed by atoms with Crippen molar-refractivity contribution in [2.45, 2.75) is 6.54 Å². The molecule has 4 rings (SSSR count). The first-order valence-electron chi connectivity index (χ1n) is 8.24. The number of carbonyl (C=O) groups is 1. The van der Waals surface area contributed by atoms with Crippen LogP contribution < -0.4 is 15.6 Å². The highest BCUT2D eigenvalue weighted by Crippen LogP contribution is 2.23. The number of nitrogens with zero attached hydrogens (tertiary/aromatic N) is 2. The zero-order chi connectivity index (χ0) is 18.6. The number of para-hydroxylation sites is 1. The fourth-order valence-corrected chi connectivity index (χ4v) is 3.35. The molecule has 2 aromatic carbocycles. The van der Waals surface area contributed by atoms with Crippen molar-refractivity contribution in [3.8, 4) is 11.5 Å². The van der Waals surface area contributed by atoms with Crippen LogP contribution in [0.25, 0.3) is 10.2 Å². The molecular formula is C20H15N3O3S. The molecule has 4 aromatic rings. The number of carbonyl (C=O) groups excluding carboxylic acids is 1. The van der Waals surface area contributed by atoms with Gasteiger partial charge < -0.3 is 10.1 Å². The summed E-state index contributed by atoms with van der Waals surface area (Å²) >= 11 is 1.40. The predicted octanol–water partition coefficient (Wildman–Crippen LogP) is 3.89. The maximum atomic E-state index is 12.4. The molecule has 0 unspecified atom stereocenters. The number of nitrogens with one attached hydrogen (secondary N) is 1. The van der Waals surface area contributed by atoms with Crippen LogP contribution in [0.4, 0.5) is 5.69 Å². The molecule has 2 heterocycles. The second kappa shape index (κ2) is 7.43. The number of anilines is 1. The van der Waals surface area contributed by atoms with Crippen molar-refractivity contribution in [2.75, 3.05) is 5.32 Å². The SMILES string of the molecule is O=C(Cn1cnc2sccc2c1=O)Nc1cccc(Oc2ccccc2)c1. The molecule has 134 valence electrons. The second-order valence-corrected chi connectivity index (χ2v) is 6.70. The summed E-state index contributed by atoms with van der Waals surface area (Å²) in [6.07, 6.45) is 1.40. The zero-order valence-electron chi connectivity index (χ0n) is 14.2. The first-order valence-corrected chi connectivity index (χ1v) is 9.12. The van der Waals surface area contributed by atoms with Crippen LogP contribution >= 0.6 is 11.3 Å². The number of thiophene rings is 1. The molecule has 0 atom stereocenters. The third kappa shape index (κ3) is 3.88. The van der Waals surface area contributed by atoms with Gasteiger partial charge in [0.2, 0.25) is 5.91 Å². The molecule has 6 nitrogen and oxygen atoms in total. The first kappa shape index (κ1) is 17.0. The summed E-state index contributed by atoms with van der Waals surface area (Å²) in [5, 5.41) is 5.11. The molecule has 1 N–H and O–H groups in total. The van der Waals surface area contributed by atoms with Crippen LogP contribution in [0, 0.1) is 0 Å². The van der Waals surface area contributed by atoms with E-state index in [2.05, 4.69) is 10.3 Å². The van der Waals surface area contributed by atoms with Gasteiger partial charge in [-0.05, 0) is 35.7 Å². The average Bonchev–Trinajstić information content (AvgIpc) is 3.15. The van der Waals surface area contributed by atoms with Gasteiger partial charge in [0.15, 0.2) is 0 Å². The fourth-order valence-electron chi connectivity index (χ4n) is 2.62. The number of hydrogen-bond donors (Lipinski definition) is 1. The third-order valence-corrected chi connectivity index (χ3v) is 4.68. The van der Waals surface area contributed by atoms with E-state index in [1.807, 2.05) is 41.8 Å². The Labute approximate surface area is 158 Å². The van der Waals surface area contributed by atoms with E-state index in [-0.39, 0.29) is 18.0 Å². The Bertz CT molecular complexity index is 1150. The van der Waals surface area contributed by atoms with E-state index >= 15 is 0 Å². The van der Waals surface area contributed by atoms with Gasteiger partial charge in [-0.2, -0.15) is 0 Å². The number of hydrogen-bond acceptors (Lipinski definition) is 5. The van der Waals surface area contributed by atoms with E-state index in [0.29, 0.717) is 27.4 Å². The predicted molar refractivity (Wildman–Crippen MR) is 105 cm³/mol. The normalized spacial score (nSPS) is 10.7. The zero-order valence-corrected chi connectivity index (χ0v) is 15.0. The Kier molecular flexibility index (Phi) is 4.67. The Morgan fingerprint density at radius 2 is 1.89 bits per heavy atom. The minimum absolute atomic E-state index is 0.110. The van der Waals surface area contributed by atoms with Crippen molar-refractivity contribution in [1.29, 1.82) is 0 Å². The van der Waals surface area contributed by atoms with Crippen molar-refractivity contribution in [2.24, 2.45) is 0 Å². The van der Waals surface area contributed by atoms with Crippen LogP contribution in [0.2, 0.25) is 0 Å². The van der Waals surface area contributed by atoms with Gasteiger partial charge in [-0.15, -0.1) is 11.3 Å². The van der Waals surface area contributed by atoms with E-state index in [1.54, 1.807) is 24.3 Å². The van der Waals surface area contributed by atoms with Gasteiger partial charge in [-0.1, -0.05) is 24.3 Å². The number of aromatic nitrogens is 2. The maximum Gasteiger partial charge on any atom is 0.262 e. The lowest BCUT2D eigenvalue weighted by molar-refractivity contribution is -0.116. The van der Waals surface area contributed by atoms with Gasteiger partial charge in [0, 0.05) is 11.8 Å². The van der Waals surface area contributed by atoms with Crippen molar-refractivity contribution in [1.82, 2.24) is 9.55 Å². The summed E-state index contributed by atoms with van der Waals surface area (Å²) in [7, 11) is 0. The molecule has 0 saturated heterocycles. The summed E-state index contributed by atoms with van der Waals surface area (Å²) in [5.41, 5.74) is 0.364. The Balaban J connectivity index is 1.47. The minimum atomic E-state index is -0.314. The van der Waals surface area contributed by atoms with Crippen molar-refractivity contribution in [3.63, 3.8) is 0 Å². The van der Waals surface area contributed by atoms with E-state index in [9.17, 15) is 9.59 Å². The number of ether oxygens (including phenoxy) is 1. The van der Waals surface area contributed by atoms with E-state index < -0.39 is 0 Å². The molecule has 7 heteroatoms. The van der Waals surface area contributed by atoms with Crippen molar-refractivity contribution >= 4 is 33.1 Å². The topological polar surface area (TPSA) is 73.2 Å². The molecule has 0 aliphatic rings. The van der Waals surface area contributed by atoms with Crippen LogP contribution in [0.5, 0.6) is 11.5 Å². The molecule has 0 radical (unpaired) electrons. The third-order valence-electron chi connectivity index (χ3n) is 3.86. The summed E-state index contributed by atoms with van der Waals surface area (Å²) in [5.74, 6) is 1.01. The fraction of sp³-hybridized carbons (Fsp3) is 0.0500. The summed E-state index contributed by atoms with van der Waals surface area (Å²) in [6, 6.07) is 18.2. The Morgan fingerprint density at radius 1 is 1.07 bits per heavy atom. The van der Waals surface area contributed by atoms with Gasteiger partial charge in [0.05, 0.1) is 11.7 Å². The molecule has 0 aliphatic heterocycles. The molecule has 1 amide bonds. The quantitative estimate of drug-likeness (QED) is 0.573. The maximum absolute atomic E-state index is 12.4. The van der Waals surface area contributed by atoms with Gasteiger partial charge in [0.1, 0.15) is 22.9 Å². The van der Waals surface area contributed by atoms with Crippen LogP contribution in [-0.4, -0.2) is 15.5 Å². The molecule has 0 aliphatic carbocycles. The molecule has 0 bridgehead atoms. The van der Waals surface area contributed by atoms with Crippen LogP contribution in [0.15, 0.2) is 77.2 Å². The van der Waals surface area contributed by atoms with E-state index in [0.717, 1.165) is 0 Å². The smallest absolute Gasteiger partial charge is 0.262 e. The number of benzene rings is 2. The van der Waals surface area contributed by atoms with Gasteiger partial charge in [0.25, 0.3) is 5.56 Å². The van der Waals surface area contributed by atoms with Crippen LogP contribution in [0.1, 0.15) is 0 Å². The van der Waals surface area contributed by atoms with Gasteiger partial charge in [-0.3, -0.25) is 14.2 Å². The lowest BCUT2D eigenvalue weighted by atomic mass is 10.3. The summed E-state index contributed by atoms with van der Waals surface area (Å²) < 4.78 is 7.06. The lowest BCUT2D eigenvalue weighted by Crippen LogP contribution is -2.27. The van der Waals surface area contributed by atoms with Crippen molar-refractivity contribution in [3.05, 3.63) is 82.7 Å². The molecule has 2 aromatic heterocycles. The highest BCUT2D eigenvalue weighted by Gasteiger charge is 2.09. The molecule has 0 fully saturated rings. The largest absolute Gasteiger partial charge is 0.457 e. The minimum Gasteiger partial charge on any atom is -0.457 e. The molecule has 27 heavy (non-hydrogen) atoms. The van der Waals surface area contributed by atoms with Crippen LogP contribution in [0.3, 0.4) is 0 Å². The van der Waals surface area contributed by atoms with Crippen molar-refractivity contribution < 1.29 is 9.53 Å². The standard InChI is InChI=1S/C20H15N3O3S/c24-18(12-23-13-21-19-17(20(23)25)9-10-27-19)22-14-5-4-8-16(11-14)26-15-6-2-1-3-7-15/h1-11,13H,12H2,(H,22,24).